The lowest BCUT2D eigenvalue weighted by molar-refractivity contribution is 1.02. The molecule has 2 aromatic rings. The van der Waals surface area contributed by atoms with Gasteiger partial charge in [0, 0.05) is 5.92 Å². The molecule has 77 valence electrons. The van der Waals surface area contributed by atoms with E-state index in [1.807, 2.05) is 0 Å². The lowest BCUT2D eigenvalue weighted by atomic mass is 9.89. The summed E-state index contributed by atoms with van der Waals surface area (Å²) in [5, 5.41) is 0. The molecular formula is C16H13. The van der Waals surface area contributed by atoms with E-state index in [0.29, 0.717) is 0 Å². The molecule has 0 N–H and O–H groups in total. The van der Waals surface area contributed by atoms with Crippen molar-refractivity contribution in [1.82, 2.24) is 0 Å². The van der Waals surface area contributed by atoms with Crippen LogP contribution in [-0.2, 0) is 0 Å². The SMILES string of the molecule is [CH2]C1c2ccccc2C=Cc2ccccc21. The molecule has 0 atom stereocenters. The fourth-order valence-corrected chi connectivity index (χ4v) is 2.31. The van der Waals surface area contributed by atoms with Crippen molar-refractivity contribution < 1.29 is 0 Å². The molecule has 2 aromatic carbocycles. The minimum absolute atomic E-state index is 0.224. The highest BCUT2D eigenvalue weighted by Crippen LogP contribution is 2.33. The van der Waals surface area contributed by atoms with Crippen LogP contribution in [0.5, 0.6) is 0 Å². The highest BCUT2D eigenvalue weighted by molar-refractivity contribution is 5.76. The predicted molar refractivity (Wildman–Crippen MR) is 69.0 cm³/mol. The minimum Gasteiger partial charge on any atom is -0.0619 e. The van der Waals surface area contributed by atoms with Crippen LogP contribution in [0.4, 0.5) is 0 Å². The zero-order chi connectivity index (χ0) is 11.0. The zero-order valence-corrected chi connectivity index (χ0v) is 9.06. The van der Waals surface area contributed by atoms with Crippen LogP contribution >= 0.6 is 0 Å². The summed E-state index contributed by atoms with van der Waals surface area (Å²) in [6.45, 7) is 4.30. The van der Waals surface area contributed by atoms with Gasteiger partial charge in [-0.15, -0.1) is 0 Å². The van der Waals surface area contributed by atoms with E-state index in [9.17, 15) is 0 Å². The van der Waals surface area contributed by atoms with E-state index in [4.69, 9.17) is 0 Å². The first-order chi connectivity index (χ1) is 7.86. The molecule has 16 heavy (non-hydrogen) atoms. The molecule has 0 saturated carbocycles. The van der Waals surface area contributed by atoms with Crippen LogP contribution in [0.3, 0.4) is 0 Å². The Morgan fingerprint density at radius 3 is 1.62 bits per heavy atom. The molecule has 0 aromatic heterocycles. The number of hydrogen-bond acceptors (Lipinski definition) is 0. The average molecular weight is 205 g/mol. The van der Waals surface area contributed by atoms with Gasteiger partial charge in [-0.25, -0.2) is 0 Å². The second kappa shape index (κ2) is 3.64. The van der Waals surface area contributed by atoms with Gasteiger partial charge >= 0.3 is 0 Å². The average Bonchev–Trinajstić information content (AvgIpc) is 2.49. The first kappa shape index (κ1) is 9.41. The number of hydrogen-bond donors (Lipinski definition) is 0. The standard InChI is InChI=1S/C16H13/c1-12-15-8-4-2-6-13(15)10-11-14-7-3-5-9-16(12)14/h2-12H,1H2. The monoisotopic (exact) mass is 205 g/mol. The van der Waals surface area contributed by atoms with Gasteiger partial charge in [-0.3, -0.25) is 0 Å². The van der Waals surface area contributed by atoms with E-state index in [2.05, 4.69) is 67.6 Å². The Morgan fingerprint density at radius 1 is 0.688 bits per heavy atom. The molecule has 0 bridgehead atoms. The largest absolute Gasteiger partial charge is 0.0619 e. The molecule has 1 aliphatic carbocycles. The van der Waals surface area contributed by atoms with Gasteiger partial charge in [0.15, 0.2) is 0 Å². The van der Waals surface area contributed by atoms with Crippen LogP contribution in [-0.4, -0.2) is 0 Å². The number of benzene rings is 2. The molecule has 0 heterocycles. The molecule has 0 saturated heterocycles. The van der Waals surface area contributed by atoms with Gasteiger partial charge in [0.25, 0.3) is 0 Å². The van der Waals surface area contributed by atoms with Crippen molar-refractivity contribution in [3.8, 4) is 0 Å². The Kier molecular flexibility index (Phi) is 2.14. The van der Waals surface area contributed by atoms with Gasteiger partial charge in [-0.2, -0.15) is 0 Å². The Morgan fingerprint density at radius 2 is 1.12 bits per heavy atom. The van der Waals surface area contributed by atoms with Crippen molar-refractivity contribution in [2.24, 2.45) is 0 Å². The maximum atomic E-state index is 4.30. The van der Waals surface area contributed by atoms with E-state index in [1.165, 1.54) is 22.3 Å². The third kappa shape index (κ3) is 1.38. The summed E-state index contributed by atoms with van der Waals surface area (Å²) in [5.41, 5.74) is 5.17. The molecule has 0 spiro atoms. The number of fused-ring (bicyclic) bond motifs is 2. The van der Waals surface area contributed by atoms with E-state index < -0.39 is 0 Å². The second-order valence-electron chi connectivity index (χ2n) is 4.14. The molecule has 0 aliphatic heterocycles. The molecule has 3 rings (SSSR count). The second-order valence-corrected chi connectivity index (χ2v) is 4.14. The van der Waals surface area contributed by atoms with E-state index in [0.717, 1.165) is 0 Å². The summed E-state index contributed by atoms with van der Waals surface area (Å²) in [5.74, 6) is 0.224. The van der Waals surface area contributed by atoms with Crippen LogP contribution < -0.4 is 0 Å². The Balaban J connectivity index is 2.26. The normalized spacial score (nSPS) is 14.1. The molecule has 0 fully saturated rings. The maximum absolute atomic E-state index is 4.30. The molecule has 1 aliphatic rings. The minimum atomic E-state index is 0.224. The lowest BCUT2D eigenvalue weighted by Crippen LogP contribution is -1.98. The van der Waals surface area contributed by atoms with Crippen LogP contribution in [0.25, 0.3) is 12.2 Å². The van der Waals surface area contributed by atoms with E-state index >= 15 is 0 Å². The zero-order valence-electron chi connectivity index (χ0n) is 9.06. The first-order valence-electron chi connectivity index (χ1n) is 5.55. The van der Waals surface area contributed by atoms with Gasteiger partial charge in [0.2, 0.25) is 0 Å². The fourth-order valence-electron chi connectivity index (χ4n) is 2.31. The van der Waals surface area contributed by atoms with E-state index in [-0.39, 0.29) is 5.92 Å². The van der Waals surface area contributed by atoms with Crippen molar-refractivity contribution in [3.05, 3.63) is 77.7 Å². The van der Waals surface area contributed by atoms with Gasteiger partial charge in [-0.1, -0.05) is 60.7 Å². The summed E-state index contributed by atoms with van der Waals surface area (Å²) in [7, 11) is 0. The summed E-state index contributed by atoms with van der Waals surface area (Å²) in [6, 6.07) is 16.9. The summed E-state index contributed by atoms with van der Waals surface area (Å²) in [6.07, 6.45) is 4.36. The van der Waals surface area contributed by atoms with Gasteiger partial charge in [0.1, 0.15) is 0 Å². The van der Waals surface area contributed by atoms with Crippen molar-refractivity contribution in [3.63, 3.8) is 0 Å². The first-order valence-corrected chi connectivity index (χ1v) is 5.55. The van der Waals surface area contributed by atoms with Crippen molar-refractivity contribution in [2.45, 2.75) is 5.92 Å². The van der Waals surface area contributed by atoms with Crippen molar-refractivity contribution in [2.75, 3.05) is 0 Å². The molecule has 1 radical (unpaired) electrons. The van der Waals surface area contributed by atoms with Crippen LogP contribution in [0, 0.1) is 6.92 Å². The van der Waals surface area contributed by atoms with E-state index in [1.54, 1.807) is 0 Å². The van der Waals surface area contributed by atoms with Crippen LogP contribution in [0.15, 0.2) is 48.5 Å². The van der Waals surface area contributed by atoms with Gasteiger partial charge < -0.3 is 0 Å². The Bertz CT molecular complexity index is 500. The fraction of sp³-hybridized carbons (Fsp3) is 0.0625. The van der Waals surface area contributed by atoms with Gasteiger partial charge in [-0.05, 0) is 29.2 Å². The Labute approximate surface area is 96.3 Å². The quantitative estimate of drug-likeness (QED) is 0.606. The maximum Gasteiger partial charge on any atom is 0.0101 e. The summed E-state index contributed by atoms with van der Waals surface area (Å²) < 4.78 is 0. The smallest absolute Gasteiger partial charge is 0.0101 e. The molecule has 0 unspecified atom stereocenters. The lowest BCUT2D eigenvalue weighted by Gasteiger charge is -2.14. The van der Waals surface area contributed by atoms with Crippen molar-refractivity contribution >= 4 is 12.2 Å². The molecule has 0 heteroatoms. The van der Waals surface area contributed by atoms with Gasteiger partial charge in [0.05, 0.1) is 0 Å². The molecular weight excluding hydrogens is 192 g/mol. The Hall–Kier alpha value is -1.82. The predicted octanol–water partition coefficient (Wildman–Crippen LogP) is 4.14. The topological polar surface area (TPSA) is 0 Å². The highest BCUT2D eigenvalue weighted by Gasteiger charge is 2.15. The van der Waals surface area contributed by atoms with Crippen molar-refractivity contribution in [1.29, 1.82) is 0 Å². The molecule has 0 amide bonds. The number of rotatable bonds is 0. The third-order valence-corrected chi connectivity index (χ3v) is 3.19. The van der Waals surface area contributed by atoms with Crippen LogP contribution in [0.1, 0.15) is 28.2 Å². The van der Waals surface area contributed by atoms with Crippen LogP contribution in [0.2, 0.25) is 0 Å². The summed E-state index contributed by atoms with van der Waals surface area (Å²) in [4.78, 5) is 0. The highest BCUT2D eigenvalue weighted by atomic mass is 14.2. The molecule has 0 nitrogen and oxygen atoms in total. The summed E-state index contributed by atoms with van der Waals surface area (Å²) >= 11 is 0. The third-order valence-electron chi connectivity index (χ3n) is 3.19.